The van der Waals surface area contributed by atoms with E-state index in [1.807, 2.05) is 17.9 Å². The quantitative estimate of drug-likeness (QED) is 0.898. The normalized spacial score (nSPS) is 16.1. The molecule has 1 aliphatic carbocycles. The van der Waals surface area contributed by atoms with Gasteiger partial charge in [-0.1, -0.05) is 19.3 Å². The second-order valence-electron chi connectivity index (χ2n) is 5.68. The fourth-order valence-corrected chi connectivity index (χ4v) is 2.94. The summed E-state index contributed by atoms with van der Waals surface area (Å²) in [7, 11) is 0. The molecule has 0 aromatic carbocycles. The number of hydrogen-bond donors (Lipinski definition) is 1. The van der Waals surface area contributed by atoms with Gasteiger partial charge in [0.15, 0.2) is 0 Å². The Labute approximate surface area is 121 Å². The Balaban J connectivity index is 2.14. The third-order valence-corrected chi connectivity index (χ3v) is 4.00. The Morgan fingerprint density at radius 2 is 2.10 bits per heavy atom. The fraction of sp³-hybridized carbons (Fsp3) is 0.625. The van der Waals surface area contributed by atoms with Gasteiger partial charge in [0.2, 0.25) is 0 Å². The number of carbonyl (C=O) groups excluding carboxylic acids is 1. The van der Waals surface area contributed by atoms with Crippen molar-refractivity contribution in [1.82, 2.24) is 9.88 Å². The first kappa shape index (κ1) is 15.0. The first-order valence-corrected chi connectivity index (χ1v) is 7.65. The molecular formula is C16H25N3O. The van der Waals surface area contributed by atoms with E-state index in [1.54, 1.807) is 12.4 Å². The molecule has 4 nitrogen and oxygen atoms in total. The number of hydrogen-bond acceptors (Lipinski definition) is 3. The second kappa shape index (κ2) is 7.39. The highest BCUT2D eigenvalue weighted by Gasteiger charge is 2.25. The molecule has 0 radical (unpaired) electrons. The average molecular weight is 275 g/mol. The maximum Gasteiger partial charge on any atom is 0.255 e. The van der Waals surface area contributed by atoms with Crippen LogP contribution in [0.4, 0.5) is 0 Å². The molecule has 0 spiro atoms. The molecule has 1 saturated carbocycles. The summed E-state index contributed by atoms with van der Waals surface area (Å²) in [4.78, 5) is 18.9. The smallest absolute Gasteiger partial charge is 0.255 e. The topological polar surface area (TPSA) is 59.2 Å². The van der Waals surface area contributed by atoms with Gasteiger partial charge in [0.1, 0.15) is 0 Å². The standard InChI is InChI=1S/C16H25N3O/c1-13-10-14(12-18-11-13)16(20)19(9-5-8-17)15-6-3-2-4-7-15/h10-12,15H,2-9,17H2,1H3. The molecule has 0 saturated heterocycles. The van der Waals surface area contributed by atoms with Crippen LogP contribution in [0.2, 0.25) is 0 Å². The number of carbonyl (C=O) groups is 1. The number of pyridine rings is 1. The maximum atomic E-state index is 12.7. The molecule has 1 aromatic rings. The summed E-state index contributed by atoms with van der Waals surface area (Å²) in [6.45, 7) is 3.35. The Bertz CT molecular complexity index is 441. The molecule has 0 aliphatic heterocycles. The minimum atomic E-state index is 0.113. The van der Waals surface area contributed by atoms with Crippen LogP contribution in [0.15, 0.2) is 18.5 Å². The molecule has 110 valence electrons. The van der Waals surface area contributed by atoms with Gasteiger partial charge in [0.25, 0.3) is 5.91 Å². The van der Waals surface area contributed by atoms with Crippen molar-refractivity contribution >= 4 is 5.91 Å². The van der Waals surface area contributed by atoms with Gasteiger partial charge in [-0.2, -0.15) is 0 Å². The summed E-state index contributed by atoms with van der Waals surface area (Å²) in [5.74, 6) is 0.113. The summed E-state index contributed by atoms with van der Waals surface area (Å²) >= 11 is 0. The maximum absolute atomic E-state index is 12.7. The van der Waals surface area contributed by atoms with Gasteiger partial charge in [-0.05, 0) is 44.4 Å². The van der Waals surface area contributed by atoms with Crippen LogP contribution >= 0.6 is 0 Å². The molecule has 2 N–H and O–H groups in total. The van der Waals surface area contributed by atoms with Crippen molar-refractivity contribution in [2.75, 3.05) is 13.1 Å². The van der Waals surface area contributed by atoms with E-state index in [1.165, 1.54) is 19.3 Å². The molecule has 1 heterocycles. The third-order valence-electron chi connectivity index (χ3n) is 4.00. The van der Waals surface area contributed by atoms with Crippen LogP contribution in [0.5, 0.6) is 0 Å². The molecule has 4 heteroatoms. The van der Waals surface area contributed by atoms with Gasteiger partial charge in [-0.3, -0.25) is 9.78 Å². The van der Waals surface area contributed by atoms with Crippen molar-refractivity contribution in [1.29, 1.82) is 0 Å². The molecule has 1 amide bonds. The van der Waals surface area contributed by atoms with Crippen molar-refractivity contribution in [2.45, 2.75) is 51.5 Å². The molecule has 2 rings (SSSR count). The Morgan fingerprint density at radius 3 is 2.75 bits per heavy atom. The SMILES string of the molecule is Cc1cncc(C(=O)N(CCCN)C2CCCCC2)c1. The van der Waals surface area contributed by atoms with E-state index in [9.17, 15) is 4.79 Å². The molecule has 1 aliphatic rings. The minimum absolute atomic E-state index is 0.113. The highest BCUT2D eigenvalue weighted by Crippen LogP contribution is 2.24. The van der Waals surface area contributed by atoms with Gasteiger partial charge in [0, 0.05) is 25.0 Å². The zero-order valence-electron chi connectivity index (χ0n) is 12.3. The third kappa shape index (κ3) is 3.79. The molecular weight excluding hydrogens is 250 g/mol. The van der Waals surface area contributed by atoms with Gasteiger partial charge in [-0.25, -0.2) is 0 Å². The average Bonchev–Trinajstić information content (AvgIpc) is 2.48. The Morgan fingerprint density at radius 1 is 1.35 bits per heavy atom. The molecule has 20 heavy (non-hydrogen) atoms. The van der Waals surface area contributed by atoms with Gasteiger partial charge in [-0.15, -0.1) is 0 Å². The zero-order chi connectivity index (χ0) is 14.4. The Kier molecular flexibility index (Phi) is 5.53. The van der Waals surface area contributed by atoms with E-state index in [0.29, 0.717) is 18.2 Å². The number of nitrogens with two attached hydrogens (primary N) is 1. The summed E-state index contributed by atoms with van der Waals surface area (Å²) in [6, 6.07) is 2.30. The number of nitrogens with zero attached hydrogens (tertiary/aromatic N) is 2. The second-order valence-corrected chi connectivity index (χ2v) is 5.68. The fourth-order valence-electron chi connectivity index (χ4n) is 2.94. The van der Waals surface area contributed by atoms with Crippen LogP contribution < -0.4 is 5.73 Å². The monoisotopic (exact) mass is 275 g/mol. The van der Waals surface area contributed by atoms with E-state index < -0.39 is 0 Å². The summed E-state index contributed by atoms with van der Waals surface area (Å²) in [5.41, 5.74) is 7.35. The molecule has 1 fully saturated rings. The predicted octanol–water partition coefficient (Wildman–Crippen LogP) is 2.51. The van der Waals surface area contributed by atoms with Gasteiger partial charge >= 0.3 is 0 Å². The molecule has 0 atom stereocenters. The zero-order valence-corrected chi connectivity index (χ0v) is 12.3. The Hall–Kier alpha value is -1.42. The lowest BCUT2D eigenvalue weighted by molar-refractivity contribution is 0.0632. The number of rotatable bonds is 5. The van der Waals surface area contributed by atoms with Crippen molar-refractivity contribution < 1.29 is 4.79 Å². The van der Waals surface area contributed by atoms with Crippen molar-refractivity contribution in [3.8, 4) is 0 Å². The lowest BCUT2D eigenvalue weighted by Gasteiger charge is -2.34. The molecule has 0 bridgehead atoms. The largest absolute Gasteiger partial charge is 0.336 e. The van der Waals surface area contributed by atoms with Crippen molar-refractivity contribution in [2.24, 2.45) is 5.73 Å². The highest BCUT2D eigenvalue weighted by molar-refractivity contribution is 5.94. The van der Waals surface area contributed by atoms with Crippen LogP contribution in [0.1, 0.15) is 54.4 Å². The van der Waals surface area contributed by atoms with Crippen LogP contribution in [0.3, 0.4) is 0 Å². The summed E-state index contributed by atoms with van der Waals surface area (Å²) in [5, 5.41) is 0. The first-order valence-electron chi connectivity index (χ1n) is 7.65. The van der Waals surface area contributed by atoms with Crippen LogP contribution in [-0.2, 0) is 0 Å². The highest BCUT2D eigenvalue weighted by atomic mass is 16.2. The van der Waals surface area contributed by atoms with Gasteiger partial charge in [0.05, 0.1) is 5.56 Å². The summed E-state index contributed by atoms with van der Waals surface area (Å²) in [6.07, 6.45) is 10.3. The van der Waals surface area contributed by atoms with E-state index in [0.717, 1.165) is 31.4 Å². The molecule has 1 aromatic heterocycles. The minimum Gasteiger partial charge on any atom is -0.336 e. The van der Waals surface area contributed by atoms with E-state index >= 15 is 0 Å². The lowest BCUT2D eigenvalue weighted by atomic mass is 9.93. The van der Waals surface area contributed by atoms with Gasteiger partial charge < -0.3 is 10.6 Å². The number of amides is 1. The van der Waals surface area contributed by atoms with E-state index in [4.69, 9.17) is 5.73 Å². The van der Waals surface area contributed by atoms with Crippen LogP contribution in [0, 0.1) is 6.92 Å². The van der Waals surface area contributed by atoms with Crippen LogP contribution in [0.25, 0.3) is 0 Å². The number of aryl methyl sites for hydroxylation is 1. The van der Waals surface area contributed by atoms with Crippen molar-refractivity contribution in [3.63, 3.8) is 0 Å². The van der Waals surface area contributed by atoms with Crippen LogP contribution in [-0.4, -0.2) is 34.9 Å². The predicted molar refractivity (Wildman–Crippen MR) is 80.6 cm³/mol. The van der Waals surface area contributed by atoms with Crippen molar-refractivity contribution in [3.05, 3.63) is 29.6 Å². The van der Waals surface area contributed by atoms with E-state index in [2.05, 4.69) is 4.98 Å². The molecule has 0 unspecified atom stereocenters. The summed E-state index contributed by atoms with van der Waals surface area (Å²) < 4.78 is 0. The van der Waals surface area contributed by atoms with E-state index in [-0.39, 0.29) is 5.91 Å². The lowest BCUT2D eigenvalue weighted by Crippen LogP contribution is -2.42. The number of aromatic nitrogens is 1. The first-order chi connectivity index (χ1) is 9.72.